The Morgan fingerprint density at radius 2 is 1.82 bits per heavy atom. The van der Waals surface area contributed by atoms with Crippen LogP contribution in [0.25, 0.3) is 0 Å². The van der Waals surface area contributed by atoms with E-state index in [2.05, 4.69) is 24.2 Å². The molecule has 0 aliphatic heterocycles. The first-order valence-corrected chi connectivity index (χ1v) is 8.11. The Hall–Kier alpha value is -1.91. The van der Waals surface area contributed by atoms with Gasteiger partial charge in [0.2, 0.25) is 0 Å². The van der Waals surface area contributed by atoms with Crippen LogP contribution in [0, 0.1) is 5.92 Å². The van der Waals surface area contributed by atoms with Gasteiger partial charge in [-0.2, -0.15) is 0 Å². The largest absolute Gasteiger partial charge is 0.494 e. The van der Waals surface area contributed by atoms with Gasteiger partial charge in [0.15, 0.2) is 5.96 Å². The van der Waals surface area contributed by atoms with Crippen LogP contribution in [-0.4, -0.2) is 25.7 Å². The molecule has 0 heterocycles. The lowest BCUT2D eigenvalue weighted by atomic mass is 10.0. The third-order valence-corrected chi connectivity index (χ3v) is 3.50. The van der Waals surface area contributed by atoms with E-state index in [9.17, 15) is 0 Å². The maximum absolute atomic E-state index is 6.00. The molecule has 5 nitrogen and oxygen atoms in total. The Morgan fingerprint density at radius 3 is 2.41 bits per heavy atom. The molecular weight excluding hydrogens is 278 g/mol. The lowest BCUT2D eigenvalue weighted by molar-refractivity contribution is 0.332. The van der Waals surface area contributed by atoms with E-state index in [-0.39, 0.29) is 0 Å². The SMILES string of the molecule is CCOc1ccc(OCC)c(NC(N)=NCC(CC)CC)c1. The third kappa shape index (κ3) is 5.84. The van der Waals surface area contributed by atoms with Crippen molar-refractivity contribution < 1.29 is 9.47 Å². The van der Waals surface area contributed by atoms with Gasteiger partial charge in [0, 0.05) is 12.6 Å². The standard InChI is InChI=1S/C17H29N3O2/c1-5-13(6-2)12-19-17(18)20-15-11-14(21-7-3)9-10-16(15)22-8-4/h9-11,13H,5-8,12H2,1-4H3,(H3,18,19,20). The molecule has 0 bridgehead atoms. The minimum atomic E-state index is 0.404. The van der Waals surface area contributed by atoms with E-state index in [0.29, 0.717) is 25.1 Å². The maximum atomic E-state index is 6.00. The zero-order valence-electron chi connectivity index (χ0n) is 14.2. The van der Waals surface area contributed by atoms with Crippen LogP contribution < -0.4 is 20.5 Å². The average Bonchev–Trinajstić information content (AvgIpc) is 2.51. The van der Waals surface area contributed by atoms with Crippen LogP contribution in [0.15, 0.2) is 23.2 Å². The van der Waals surface area contributed by atoms with Crippen molar-refractivity contribution in [3.05, 3.63) is 18.2 Å². The van der Waals surface area contributed by atoms with Gasteiger partial charge in [-0.1, -0.05) is 26.7 Å². The van der Waals surface area contributed by atoms with Crippen LogP contribution in [0.2, 0.25) is 0 Å². The first-order chi connectivity index (χ1) is 10.6. The van der Waals surface area contributed by atoms with Crippen molar-refractivity contribution >= 4 is 11.6 Å². The summed E-state index contributed by atoms with van der Waals surface area (Å²) >= 11 is 0. The van der Waals surface area contributed by atoms with E-state index in [0.717, 1.165) is 36.6 Å². The molecule has 0 radical (unpaired) electrons. The van der Waals surface area contributed by atoms with E-state index >= 15 is 0 Å². The first-order valence-electron chi connectivity index (χ1n) is 8.11. The van der Waals surface area contributed by atoms with E-state index in [1.165, 1.54) is 0 Å². The van der Waals surface area contributed by atoms with Crippen LogP contribution >= 0.6 is 0 Å². The fraction of sp³-hybridized carbons (Fsp3) is 0.588. The van der Waals surface area contributed by atoms with Gasteiger partial charge in [0.05, 0.1) is 18.9 Å². The molecule has 5 heteroatoms. The predicted octanol–water partition coefficient (Wildman–Crippen LogP) is 3.65. The fourth-order valence-electron chi connectivity index (χ4n) is 2.10. The molecule has 124 valence electrons. The highest BCUT2D eigenvalue weighted by atomic mass is 16.5. The van der Waals surface area contributed by atoms with E-state index in [1.807, 2.05) is 32.0 Å². The van der Waals surface area contributed by atoms with Gasteiger partial charge in [-0.05, 0) is 31.9 Å². The molecule has 22 heavy (non-hydrogen) atoms. The Balaban J connectivity index is 2.83. The molecule has 1 aromatic carbocycles. The number of aliphatic imine (C=N–C) groups is 1. The molecule has 0 atom stereocenters. The average molecular weight is 307 g/mol. The molecule has 0 aliphatic rings. The van der Waals surface area contributed by atoms with E-state index in [4.69, 9.17) is 15.2 Å². The topological polar surface area (TPSA) is 68.9 Å². The van der Waals surface area contributed by atoms with Crippen LogP contribution in [-0.2, 0) is 0 Å². The molecule has 0 amide bonds. The fourth-order valence-corrected chi connectivity index (χ4v) is 2.10. The summed E-state index contributed by atoms with van der Waals surface area (Å²) in [5.41, 5.74) is 6.77. The van der Waals surface area contributed by atoms with E-state index < -0.39 is 0 Å². The number of rotatable bonds is 9. The smallest absolute Gasteiger partial charge is 0.193 e. The second-order valence-corrected chi connectivity index (χ2v) is 5.06. The van der Waals surface area contributed by atoms with Crippen molar-refractivity contribution in [2.24, 2.45) is 16.6 Å². The third-order valence-electron chi connectivity index (χ3n) is 3.50. The summed E-state index contributed by atoms with van der Waals surface area (Å²) in [5.74, 6) is 2.50. The number of nitrogens with two attached hydrogens (primary N) is 1. The van der Waals surface area contributed by atoms with Gasteiger partial charge in [0.25, 0.3) is 0 Å². The van der Waals surface area contributed by atoms with Crippen LogP contribution in [0.5, 0.6) is 11.5 Å². The Morgan fingerprint density at radius 1 is 1.14 bits per heavy atom. The summed E-state index contributed by atoms with van der Waals surface area (Å²) in [6, 6.07) is 5.65. The number of anilines is 1. The minimum Gasteiger partial charge on any atom is -0.494 e. The summed E-state index contributed by atoms with van der Waals surface area (Å²) in [4.78, 5) is 4.43. The van der Waals surface area contributed by atoms with E-state index in [1.54, 1.807) is 0 Å². The van der Waals surface area contributed by atoms with Crippen molar-refractivity contribution in [2.75, 3.05) is 25.1 Å². The number of hydrogen-bond donors (Lipinski definition) is 2. The summed E-state index contributed by atoms with van der Waals surface area (Å²) in [5, 5.41) is 3.12. The first kappa shape index (κ1) is 18.1. The van der Waals surface area contributed by atoms with Crippen molar-refractivity contribution in [3.8, 4) is 11.5 Å². The predicted molar refractivity (Wildman–Crippen MR) is 93.0 cm³/mol. The lowest BCUT2D eigenvalue weighted by Crippen LogP contribution is -2.24. The molecule has 1 rings (SSSR count). The second kappa shape index (κ2) is 9.92. The number of hydrogen-bond acceptors (Lipinski definition) is 3. The van der Waals surface area contributed by atoms with Gasteiger partial charge in [-0.3, -0.25) is 4.99 Å². The molecule has 0 unspecified atom stereocenters. The maximum Gasteiger partial charge on any atom is 0.193 e. The number of guanidine groups is 1. The molecule has 0 spiro atoms. The molecule has 0 saturated heterocycles. The highest BCUT2D eigenvalue weighted by molar-refractivity contribution is 5.94. The Bertz CT molecular complexity index is 471. The number of nitrogens with one attached hydrogen (secondary N) is 1. The number of ether oxygens (including phenoxy) is 2. The summed E-state index contributed by atoms with van der Waals surface area (Å²) in [6.07, 6.45) is 2.22. The van der Waals surface area contributed by atoms with Crippen LogP contribution in [0.3, 0.4) is 0 Å². The molecule has 1 aromatic rings. The Kier molecular flexibility index (Phi) is 8.18. The molecule has 0 aromatic heterocycles. The summed E-state index contributed by atoms with van der Waals surface area (Å²) in [6.45, 7) is 10.2. The van der Waals surface area contributed by atoms with Crippen molar-refractivity contribution in [2.45, 2.75) is 40.5 Å². The quantitative estimate of drug-likeness (QED) is 0.540. The van der Waals surface area contributed by atoms with Crippen LogP contribution in [0.4, 0.5) is 5.69 Å². The summed E-state index contributed by atoms with van der Waals surface area (Å²) < 4.78 is 11.1. The van der Waals surface area contributed by atoms with Gasteiger partial charge < -0.3 is 20.5 Å². The normalized spacial score (nSPS) is 11.6. The number of benzene rings is 1. The Labute approximate surface area is 133 Å². The molecule has 0 fully saturated rings. The van der Waals surface area contributed by atoms with Gasteiger partial charge in [0.1, 0.15) is 11.5 Å². The van der Waals surface area contributed by atoms with Crippen LogP contribution in [0.1, 0.15) is 40.5 Å². The second-order valence-electron chi connectivity index (χ2n) is 5.06. The molecular formula is C17H29N3O2. The van der Waals surface area contributed by atoms with Crippen molar-refractivity contribution in [1.82, 2.24) is 0 Å². The van der Waals surface area contributed by atoms with Gasteiger partial charge in [-0.25, -0.2) is 0 Å². The van der Waals surface area contributed by atoms with Crippen molar-refractivity contribution in [3.63, 3.8) is 0 Å². The monoisotopic (exact) mass is 307 g/mol. The molecule has 3 N–H and O–H groups in total. The summed E-state index contributed by atoms with van der Waals surface area (Å²) in [7, 11) is 0. The molecule has 0 aliphatic carbocycles. The molecule has 0 saturated carbocycles. The zero-order valence-corrected chi connectivity index (χ0v) is 14.2. The zero-order chi connectivity index (χ0) is 16.4. The number of nitrogens with zero attached hydrogens (tertiary/aromatic N) is 1. The minimum absolute atomic E-state index is 0.404. The highest BCUT2D eigenvalue weighted by Gasteiger charge is 2.08. The van der Waals surface area contributed by atoms with Gasteiger partial charge in [-0.15, -0.1) is 0 Å². The van der Waals surface area contributed by atoms with Gasteiger partial charge >= 0.3 is 0 Å². The lowest BCUT2D eigenvalue weighted by Gasteiger charge is -2.14. The highest BCUT2D eigenvalue weighted by Crippen LogP contribution is 2.29. The van der Waals surface area contributed by atoms with Crippen molar-refractivity contribution in [1.29, 1.82) is 0 Å².